The van der Waals surface area contributed by atoms with Crippen LogP contribution in [-0.2, 0) is 19.6 Å². The van der Waals surface area contributed by atoms with Gasteiger partial charge in [-0.25, -0.2) is 12.7 Å². The number of carboxylic acid groups (broad SMARTS) is 1. The molecule has 0 aliphatic rings. The number of carbonyl (C=O) groups is 2. The normalized spacial score (nSPS) is 11.4. The minimum Gasteiger partial charge on any atom is -0.481 e. The number of rotatable bonds is 7. The number of nitrogens with one attached hydrogen (secondary N) is 1. The molecule has 8 heteroatoms. The van der Waals surface area contributed by atoms with E-state index >= 15 is 0 Å². The maximum absolute atomic E-state index is 12.2. The Morgan fingerprint density at radius 3 is 2.29 bits per heavy atom. The van der Waals surface area contributed by atoms with E-state index in [9.17, 15) is 18.0 Å². The fourth-order valence-electron chi connectivity index (χ4n) is 1.51. The zero-order valence-corrected chi connectivity index (χ0v) is 12.7. The molecular formula is C13H18N2O5S. The topological polar surface area (TPSA) is 104 Å². The quantitative estimate of drug-likeness (QED) is 0.785. The number of hydrogen-bond acceptors (Lipinski definition) is 4. The second-order valence-electron chi connectivity index (χ2n) is 4.40. The lowest BCUT2D eigenvalue weighted by molar-refractivity contribution is -0.137. The van der Waals surface area contributed by atoms with E-state index in [1.807, 2.05) is 0 Å². The highest BCUT2D eigenvalue weighted by Crippen LogP contribution is 2.17. The molecule has 0 unspecified atom stereocenters. The molecule has 0 atom stereocenters. The number of nitrogens with zero attached hydrogens (tertiary/aromatic N) is 1. The maximum atomic E-state index is 12.2. The Hall–Kier alpha value is -1.93. The fourth-order valence-corrected chi connectivity index (χ4v) is 2.68. The summed E-state index contributed by atoms with van der Waals surface area (Å²) >= 11 is 0. The number of sulfonamides is 1. The van der Waals surface area contributed by atoms with E-state index < -0.39 is 16.0 Å². The number of carbonyl (C=O) groups excluding carboxylic acids is 1. The van der Waals surface area contributed by atoms with Crippen LogP contribution >= 0.6 is 0 Å². The van der Waals surface area contributed by atoms with E-state index in [0.29, 0.717) is 12.1 Å². The standard InChI is InChI=1S/C13H18N2O5S/c1-3-12(16)14-10-4-6-11(7-5-10)21(19,20)15(2)9-8-13(17)18/h4-7H,3,8-9H2,1-2H3,(H,14,16)(H,17,18). The minimum absolute atomic E-state index is 0.0462. The third kappa shape index (κ3) is 4.83. The molecule has 1 aromatic carbocycles. The van der Waals surface area contributed by atoms with Crippen LogP contribution in [0.25, 0.3) is 0 Å². The molecule has 116 valence electrons. The fraction of sp³-hybridized carbons (Fsp3) is 0.385. The average Bonchev–Trinajstić information content (AvgIpc) is 2.44. The van der Waals surface area contributed by atoms with Gasteiger partial charge in [-0.05, 0) is 24.3 Å². The number of amides is 1. The van der Waals surface area contributed by atoms with Crippen molar-refractivity contribution in [2.75, 3.05) is 18.9 Å². The van der Waals surface area contributed by atoms with Crippen LogP contribution in [0.1, 0.15) is 19.8 Å². The van der Waals surface area contributed by atoms with Gasteiger partial charge in [-0.3, -0.25) is 9.59 Å². The summed E-state index contributed by atoms with van der Waals surface area (Å²) in [6.07, 6.45) is 0.0678. The summed E-state index contributed by atoms with van der Waals surface area (Å²) in [5, 5.41) is 11.2. The van der Waals surface area contributed by atoms with Crippen molar-refractivity contribution in [3.63, 3.8) is 0 Å². The predicted molar refractivity (Wildman–Crippen MR) is 77.4 cm³/mol. The number of benzene rings is 1. The Kier molecular flexibility index (Phi) is 5.86. The lowest BCUT2D eigenvalue weighted by Gasteiger charge is -2.16. The van der Waals surface area contributed by atoms with Crippen LogP contribution in [-0.4, -0.2) is 43.3 Å². The van der Waals surface area contributed by atoms with Crippen LogP contribution in [0.4, 0.5) is 5.69 Å². The van der Waals surface area contributed by atoms with Gasteiger partial charge in [0.05, 0.1) is 11.3 Å². The Labute approximate surface area is 123 Å². The Morgan fingerprint density at radius 1 is 1.24 bits per heavy atom. The van der Waals surface area contributed by atoms with Crippen molar-refractivity contribution in [2.24, 2.45) is 0 Å². The van der Waals surface area contributed by atoms with Gasteiger partial charge < -0.3 is 10.4 Å². The lowest BCUT2D eigenvalue weighted by Crippen LogP contribution is -2.29. The third-order valence-corrected chi connectivity index (χ3v) is 4.68. The van der Waals surface area contributed by atoms with E-state index in [-0.39, 0.29) is 23.8 Å². The zero-order valence-electron chi connectivity index (χ0n) is 11.9. The van der Waals surface area contributed by atoms with Crippen molar-refractivity contribution in [3.05, 3.63) is 24.3 Å². The first-order chi connectivity index (χ1) is 9.77. The van der Waals surface area contributed by atoms with Crippen LogP contribution in [0.15, 0.2) is 29.2 Å². The van der Waals surface area contributed by atoms with Crippen LogP contribution in [0.3, 0.4) is 0 Å². The lowest BCUT2D eigenvalue weighted by atomic mass is 10.3. The van der Waals surface area contributed by atoms with Gasteiger partial charge in [0, 0.05) is 25.7 Å². The Balaban J connectivity index is 2.84. The van der Waals surface area contributed by atoms with Crippen LogP contribution in [0.5, 0.6) is 0 Å². The van der Waals surface area contributed by atoms with Crippen molar-refractivity contribution in [3.8, 4) is 0 Å². The summed E-state index contributed by atoms with van der Waals surface area (Å²) in [7, 11) is -2.40. The summed E-state index contributed by atoms with van der Waals surface area (Å²) in [5.74, 6) is -1.22. The molecule has 0 heterocycles. The number of carboxylic acids is 1. The van der Waals surface area contributed by atoms with E-state index in [0.717, 1.165) is 4.31 Å². The van der Waals surface area contributed by atoms with E-state index in [2.05, 4.69) is 5.32 Å². The summed E-state index contributed by atoms with van der Waals surface area (Å²) < 4.78 is 25.3. The van der Waals surface area contributed by atoms with Crippen molar-refractivity contribution in [1.29, 1.82) is 0 Å². The Bertz CT molecular complexity index is 610. The van der Waals surface area contributed by atoms with Gasteiger partial charge >= 0.3 is 5.97 Å². The molecule has 0 spiro atoms. The molecule has 0 radical (unpaired) electrons. The number of anilines is 1. The molecule has 0 aliphatic carbocycles. The molecule has 1 rings (SSSR count). The van der Waals surface area contributed by atoms with Gasteiger partial charge in [-0.1, -0.05) is 6.92 Å². The van der Waals surface area contributed by atoms with E-state index in [1.54, 1.807) is 6.92 Å². The summed E-state index contributed by atoms with van der Waals surface area (Å²) in [6, 6.07) is 5.73. The molecule has 0 fully saturated rings. The van der Waals surface area contributed by atoms with E-state index in [1.165, 1.54) is 31.3 Å². The molecule has 0 bridgehead atoms. The van der Waals surface area contributed by atoms with Crippen molar-refractivity contribution in [1.82, 2.24) is 4.31 Å². The molecule has 0 saturated carbocycles. The van der Waals surface area contributed by atoms with Crippen LogP contribution in [0.2, 0.25) is 0 Å². The highest BCUT2D eigenvalue weighted by molar-refractivity contribution is 7.89. The molecule has 2 N–H and O–H groups in total. The van der Waals surface area contributed by atoms with Gasteiger partial charge in [-0.2, -0.15) is 0 Å². The van der Waals surface area contributed by atoms with Crippen molar-refractivity contribution < 1.29 is 23.1 Å². The molecule has 0 aromatic heterocycles. The first-order valence-electron chi connectivity index (χ1n) is 6.35. The Morgan fingerprint density at radius 2 is 1.81 bits per heavy atom. The molecule has 0 aliphatic heterocycles. The van der Waals surface area contributed by atoms with E-state index in [4.69, 9.17) is 5.11 Å². The molecule has 1 amide bonds. The highest BCUT2D eigenvalue weighted by atomic mass is 32.2. The second-order valence-corrected chi connectivity index (χ2v) is 6.44. The predicted octanol–water partition coefficient (Wildman–Crippen LogP) is 1.13. The van der Waals surface area contributed by atoms with Gasteiger partial charge in [0.2, 0.25) is 15.9 Å². The summed E-state index contributed by atoms with van der Waals surface area (Å²) in [6.45, 7) is 1.61. The second kappa shape index (κ2) is 7.19. The van der Waals surface area contributed by atoms with Crippen LogP contribution < -0.4 is 5.32 Å². The minimum atomic E-state index is -3.73. The summed E-state index contributed by atoms with van der Waals surface area (Å²) in [4.78, 5) is 21.8. The van der Waals surface area contributed by atoms with Crippen molar-refractivity contribution >= 4 is 27.6 Å². The maximum Gasteiger partial charge on any atom is 0.304 e. The zero-order chi connectivity index (χ0) is 16.0. The molecule has 7 nitrogen and oxygen atoms in total. The highest BCUT2D eigenvalue weighted by Gasteiger charge is 2.21. The third-order valence-electron chi connectivity index (χ3n) is 2.81. The average molecular weight is 314 g/mol. The number of hydrogen-bond donors (Lipinski definition) is 2. The monoisotopic (exact) mass is 314 g/mol. The molecule has 21 heavy (non-hydrogen) atoms. The summed E-state index contributed by atoms with van der Waals surface area (Å²) in [5.41, 5.74) is 0.508. The largest absolute Gasteiger partial charge is 0.481 e. The van der Waals surface area contributed by atoms with Crippen LogP contribution in [0, 0.1) is 0 Å². The van der Waals surface area contributed by atoms with Crippen molar-refractivity contribution in [2.45, 2.75) is 24.7 Å². The first-order valence-corrected chi connectivity index (χ1v) is 7.79. The van der Waals surface area contributed by atoms with Gasteiger partial charge in [0.15, 0.2) is 0 Å². The smallest absolute Gasteiger partial charge is 0.304 e. The molecule has 0 saturated heterocycles. The first kappa shape index (κ1) is 17.1. The molecular weight excluding hydrogens is 296 g/mol. The van der Waals surface area contributed by atoms with Gasteiger partial charge in [0.25, 0.3) is 0 Å². The SMILES string of the molecule is CCC(=O)Nc1ccc(S(=O)(=O)N(C)CCC(=O)O)cc1. The van der Waals surface area contributed by atoms with Gasteiger partial charge in [-0.15, -0.1) is 0 Å². The molecule has 1 aromatic rings. The van der Waals surface area contributed by atoms with Gasteiger partial charge in [0.1, 0.15) is 0 Å². The number of aliphatic carboxylic acids is 1.